The standard InChI is InChI=1S/C7H7N/c1-3-7-6(2)4-5-8-7/h1,4H,5H2,2H3. The summed E-state index contributed by atoms with van der Waals surface area (Å²) in [5.41, 5.74) is 1.94. The highest BCUT2D eigenvalue weighted by molar-refractivity contribution is 6.13. The Bertz CT molecular complexity index is 191. The van der Waals surface area contributed by atoms with Gasteiger partial charge in [0.2, 0.25) is 0 Å². The summed E-state index contributed by atoms with van der Waals surface area (Å²) < 4.78 is 0. The lowest BCUT2D eigenvalue weighted by Crippen LogP contribution is -1.88. The minimum absolute atomic E-state index is 0.769. The van der Waals surface area contributed by atoms with E-state index in [2.05, 4.69) is 10.9 Å². The third-order valence-corrected chi connectivity index (χ3v) is 1.16. The Hall–Kier alpha value is -1.03. The first-order chi connectivity index (χ1) is 3.84. The Labute approximate surface area is 49.1 Å². The van der Waals surface area contributed by atoms with Crippen molar-refractivity contribution in [2.24, 2.45) is 4.99 Å². The van der Waals surface area contributed by atoms with Crippen LogP contribution in [0.5, 0.6) is 0 Å². The first-order valence-electron chi connectivity index (χ1n) is 2.53. The lowest BCUT2D eigenvalue weighted by Gasteiger charge is -1.84. The van der Waals surface area contributed by atoms with Gasteiger partial charge in [0.25, 0.3) is 0 Å². The summed E-state index contributed by atoms with van der Waals surface area (Å²) >= 11 is 0. The van der Waals surface area contributed by atoms with Crippen LogP contribution < -0.4 is 0 Å². The van der Waals surface area contributed by atoms with Crippen LogP contribution in [0, 0.1) is 12.3 Å². The van der Waals surface area contributed by atoms with Gasteiger partial charge in [0, 0.05) is 0 Å². The van der Waals surface area contributed by atoms with Crippen molar-refractivity contribution in [2.45, 2.75) is 6.92 Å². The maximum absolute atomic E-state index is 5.10. The molecule has 0 unspecified atom stereocenters. The Morgan fingerprint density at radius 2 is 2.62 bits per heavy atom. The Balaban J connectivity index is 2.86. The van der Waals surface area contributed by atoms with E-state index in [1.807, 2.05) is 13.0 Å². The zero-order valence-corrected chi connectivity index (χ0v) is 4.81. The minimum Gasteiger partial charge on any atom is -0.272 e. The highest BCUT2D eigenvalue weighted by Gasteiger charge is 2.00. The van der Waals surface area contributed by atoms with Crippen molar-refractivity contribution in [3.63, 3.8) is 0 Å². The Kier molecular flexibility index (Phi) is 1.17. The van der Waals surface area contributed by atoms with Gasteiger partial charge in [-0.05, 0) is 12.5 Å². The molecule has 0 amide bonds. The van der Waals surface area contributed by atoms with Gasteiger partial charge >= 0.3 is 0 Å². The molecule has 0 fully saturated rings. The third kappa shape index (κ3) is 0.651. The van der Waals surface area contributed by atoms with E-state index >= 15 is 0 Å². The topological polar surface area (TPSA) is 12.4 Å². The van der Waals surface area contributed by atoms with Gasteiger partial charge in [-0.25, -0.2) is 0 Å². The Morgan fingerprint density at radius 1 is 1.88 bits per heavy atom. The number of rotatable bonds is 0. The van der Waals surface area contributed by atoms with E-state index in [1.165, 1.54) is 0 Å². The molecule has 1 aliphatic rings. The maximum Gasteiger partial charge on any atom is 0.110 e. The Morgan fingerprint density at radius 3 is 2.88 bits per heavy atom. The fourth-order valence-electron chi connectivity index (χ4n) is 0.655. The first kappa shape index (κ1) is 5.11. The van der Waals surface area contributed by atoms with Crippen molar-refractivity contribution in [1.82, 2.24) is 0 Å². The van der Waals surface area contributed by atoms with Gasteiger partial charge in [0.15, 0.2) is 0 Å². The molecule has 0 aromatic rings. The van der Waals surface area contributed by atoms with Crippen LogP contribution in [-0.2, 0) is 0 Å². The monoisotopic (exact) mass is 105 g/mol. The molecule has 8 heavy (non-hydrogen) atoms. The SMILES string of the molecule is C#CC1=NCC=C1C. The molecule has 1 heteroatoms. The number of terminal acetylenes is 1. The maximum atomic E-state index is 5.10. The highest BCUT2D eigenvalue weighted by Crippen LogP contribution is 2.02. The van der Waals surface area contributed by atoms with Crippen molar-refractivity contribution in [3.05, 3.63) is 11.6 Å². The first-order valence-corrected chi connectivity index (χ1v) is 2.53. The van der Waals surface area contributed by atoms with Crippen molar-refractivity contribution in [3.8, 4) is 12.3 Å². The molecule has 0 saturated carbocycles. The summed E-state index contributed by atoms with van der Waals surface area (Å²) in [5, 5.41) is 0. The highest BCUT2D eigenvalue weighted by atomic mass is 14.7. The quantitative estimate of drug-likeness (QED) is 0.408. The molecule has 0 aromatic heterocycles. The largest absolute Gasteiger partial charge is 0.272 e. The van der Waals surface area contributed by atoms with E-state index in [0.717, 1.165) is 17.8 Å². The molecular formula is C7H7N. The van der Waals surface area contributed by atoms with Gasteiger partial charge in [-0.15, -0.1) is 6.42 Å². The number of aliphatic imine (C=N–C) groups is 1. The molecule has 1 heterocycles. The van der Waals surface area contributed by atoms with Crippen LogP contribution in [0.2, 0.25) is 0 Å². The predicted octanol–water partition coefficient (Wildman–Crippen LogP) is 1.02. The lowest BCUT2D eigenvalue weighted by atomic mass is 10.2. The van der Waals surface area contributed by atoms with E-state index in [9.17, 15) is 0 Å². The average Bonchev–Trinajstić information content (AvgIpc) is 2.14. The molecule has 0 aliphatic carbocycles. The molecule has 1 aliphatic heterocycles. The molecule has 1 nitrogen and oxygen atoms in total. The number of allylic oxidation sites excluding steroid dienone is 1. The van der Waals surface area contributed by atoms with Gasteiger partial charge in [-0.3, -0.25) is 4.99 Å². The van der Waals surface area contributed by atoms with E-state index in [0.29, 0.717) is 0 Å². The number of nitrogens with zero attached hydrogens (tertiary/aromatic N) is 1. The van der Waals surface area contributed by atoms with Crippen molar-refractivity contribution in [2.75, 3.05) is 6.54 Å². The average molecular weight is 105 g/mol. The lowest BCUT2D eigenvalue weighted by molar-refractivity contribution is 1.29. The van der Waals surface area contributed by atoms with Crippen LogP contribution in [0.4, 0.5) is 0 Å². The van der Waals surface area contributed by atoms with E-state index in [4.69, 9.17) is 6.42 Å². The number of hydrogen-bond donors (Lipinski definition) is 0. The summed E-state index contributed by atoms with van der Waals surface area (Å²) in [5.74, 6) is 2.50. The number of hydrogen-bond acceptors (Lipinski definition) is 1. The van der Waals surface area contributed by atoms with Gasteiger partial charge in [-0.2, -0.15) is 0 Å². The second-order valence-corrected chi connectivity index (χ2v) is 1.72. The van der Waals surface area contributed by atoms with Gasteiger partial charge in [0.05, 0.1) is 6.54 Å². The smallest absolute Gasteiger partial charge is 0.110 e. The fraction of sp³-hybridized carbons (Fsp3) is 0.286. The van der Waals surface area contributed by atoms with Crippen LogP contribution in [-0.4, -0.2) is 12.3 Å². The van der Waals surface area contributed by atoms with Crippen LogP contribution in [0.1, 0.15) is 6.92 Å². The summed E-state index contributed by atoms with van der Waals surface area (Å²) in [6.45, 7) is 2.75. The van der Waals surface area contributed by atoms with Crippen molar-refractivity contribution >= 4 is 5.71 Å². The molecule has 0 bridgehead atoms. The molecule has 0 saturated heterocycles. The summed E-state index contributed by atoms with van der Waals surface area (Å²) in [6.07, 6.45) is 7.13. The second-order valence-electron chi connectivity index (χ2n) is 1.72. The van der Waals surface area contributed by atoms with Crippen LogP contribution in [0.25, 0.3) is 0 Å². The van der Waals surface area contributed by atoms with Crippen LogP contribution >= 0.6 is 0 Å². The second kappa shape index (κ2) is 1.83. The molecule has 0 N–H and O–H groups in total. The van der Waals surface area contributed by atoms with E-state index in [1.54, 1.807) is 0 Å². The van der Waals surface area contributed by atoms with Gasteiger partial charge in [0.1, 0.15) is 5.71 Å². The normalized spacial score (nSPS) is 17.0. The van der Waals surface area contributed by atoms with Crippen molar-refractivity contribution < 1.29 is 0 Å². The summed E-state index contributed by atoms with van der Waals surface area (Å²) in [4.78, 5) is 4.02. The van der Waals surface area contributed by atoms with E-state index < -0.39 is 0 Å². The molecule has 0 radical (unpaired) electrons. The molecule has 0 spiro atoms. The van der Waals surface area contributed by atoms with Crippen LogP contribution in [0.15, 0.2) is 16.6 Å². The van der Waals surface area contributed by atoms with Crippen LogP contribution in [0.3, 0.4) is 0 Å². The molecule has 0 atom stereocenters. The molecule has 1 rings (SSSR count). The van der Waals surface area contributed by atoms with Gasteiger partial charge in [-0.1, -0.05) is 12.0 Å². The van der Waals surface area contributed by atoms with E-state index in [-0.39, 0.29) is 0 Å². The molecule has 40 valence electrons. The summed E-state index contributed by atoms with van der Waals surface area (Å²) in [6, 6.07) is 0. The summed E-state index contributed by atoms with van der Waals surface area (Å²) in [7, 11) is 0. The molecular weight excluding hydrogens is 98.1 g/mol. The minimum atomic E-state index is 0.769. The van der Waals surface area contributed by atoms with Gasteiger partial charge < -0.3 is 0 Å². The third-order valence-electron chi connectivity index (χ3n) is 1.16. The zero-order valence-electron chi connectivity index (χ0n) is 4.81. The van der Waals surface area contributed by atoms with Crippen molar-refractivity contribution in [1.29, 1.82) is 0 Å². The zero-order chi connectivity index (χ0) is 5.98. The fourth-order valence-corrected chi connectivity index (χ4v) is 0.655. The predicted molar refractivity (Wildman–Crippen MR) is 34.9 cm³/mol. The molecule has 0 aromatic carbocycles.